The summed E-state index contributed by atoms with van der Waals surface area (Å²) >= 11 is 0. The van der Waals surface area contributed by atoms with Gasteiger partial charge in [0.25, 0.3) is 0 Å². The van der Waals surface area contributed by atoms with Crippen LogP contribution >= 0.6 is 0 Å². The van der Waals surface area contributed by atoms with Crippen LogP contribution < -0.4 is 0 Å². The van der Waals surface area contributed by atoms with Crippen molar-refractivity contribution in [3.8, 4) is 0 Å². The first kappa shape index (κ1) is 25.1. The molecule has 0 spiro atoms. The van der Waals surface area contributed by atoms with E-state index in [9.17, 15) is 4.79 Å². The van der Waals surface area contributed by atoms with Crippen molar-refractivity contribution in [3.05, 3.63) is 0 Å². The Hall–Kier alpha value is -0.930. The topological polar surface area (TPSA) is 75.7 Å². The van der Waals surface area contributed by atoms with E-state index in [0.717, 1.165) is 0 Å². The van der Waals surface area contributed by atoms with Crippen LogP contribution in [0.1, 0.15) is 27.7 Å². The number of rotatable bonds is 16. The SMILES string of the molecule is CCOCCOCCOCCOCCOCCN(C)C(=O)OC(C)(C)C. The van der Waals surface area contributed by atoms with Crippen molar-refractivity contribution in [1.82, 2.24) is 4.90 Å². The molecule has 0 rings (SSSR count). The first-order valence-electron chi connectivity index (χ1n) is 9.19. The molecular formula is C18H37NO7. The standard InChI is InChI=1S/C18H37NO7/c1-6-21-9-10-23-13-14-25-16-15-24-12-11-22-8-7-19(5)17(20)26-18(2,3)4/h6-16H2,1-5H3. The first-order chi connectivity index (χ1) is 12.4. The normalized spacial score (nSPS) is 11.6. The zero-order chi connectivity index (χ0) is 19.7. The molecule has 0 fully saturated rings. The minimum Gasteiger partial charge on any atom is -0.444 e. The van der Waals surface area contributed by atoms with Crippen molar-refractivity contribution >= 4 is 6.09 Å². The maximum Gasteiger partial charge on any atom is 0.410 e. The fourth-order valence-electron chi connectivity index (χ4n) is 1.66. The fourth-order valence-corrected chi connectivity index (χ4v) is 1.66. The molecule has 0 aromatic rings. The number of nitrogens with zero attached hydrogens (tertiary/aromatic N) is 1. The van der Waals surface area contributed by atoms with E-state index in [4.69, 9.17) is 28.4 Å². The molecule has 0 N–H and O–H groups in total. The summed E-state index contributed by atoms with van der Waals surface area (Å²) in [6.07, 6.45) is -0.351. The van der Waals surface area contributed by atoms with Gasteiger partial charge in [-0.3, -0.25) is 0 Å². The van der Waals surface area contributed by atoms with Crippen LogP contribution in [0.5, 0.6) is 0 Å². The number of ether oxygens (including phenoxy) is 6. The van der Waals surface area contributed by atoms with Crippen molar-refractivity contribution < 1.29 is 33.2 Å². The van der Waals surface area contributed by atoms with Crippen LogP contribution in [-0.4, -0.2) is 96.3 Å². The van der Waals surface area contributed by atoms with E-state index in [2.05, 4.69) is 0 Å². The predicted octanol–water partition coefficient (Wildman–Crippen LogP) is 1.96. The second-order valence-electron chi connectivity index (χ2n) is 6.55. The third-order valence-electron chi connectivity index (χ3n) is 2.97. The molecule has 8 nitrogen and oxygen atoms in total. The van der Waals surface area contributed by atoms with Gasteiger partial charge in [0.2, 0.25) is 0 Å². The van der Waals surface area contributed by atoms with Gasteiger partial charge in [0.05, 0.1) is 59.5 Å². The molecule has 0 aliphatic heterocycles. The molecule has 1 amide bonds. The molecular weight excluding hydrogens is 342 g/mol. The summed E-state index contributed by atoms with van der Waals surface area (Å²) in [5.74, 6) is 0. The first-order valence-corrected chi connectivity index (χ1v) is 9.19. The average Bonchev–Trinajstić information content (AvgIpc) is 2.56. The van der Waals surface area contributed by atoms with Crippen molar-refractivity contribution in [2.45, 2.75) is 33.3 Å². The third-order valence-corrected chi connectivity index (χ3v) is 2.97. The van der Waals surface area contributed by atoms with Gasteiger partial charge in [-0.05, 0) is 27.7 Å². The Morgan fingerprint density at radius 1 is 0.731 bits per heavy atom. The Labute approximate surface area is 158 Å². The summed E-state index contributed by atoms with van der Waals surface area (Å²) in [7, 11) is 1.69. The number of carbonyl (C=O) groups is 1. The third kappa shape index (κ3) is 17.9. The van der Waals surface area contributed by atoms with Crippen LogP contribution in [0.15, 0.2) is 0 Å². The number of amides is 1. The molecule has 0 radical (unpaired) electrons. The highest BCUT2D eigenvalue weighted by Crippen LogP contribution is 2.08. The summed E-state index contributed by atoms with van der Waals surface area (Å²) in [5, 5.41) is 0. The molecule has 0 aromatic heterocycles. The zero-order valence-corrected chi connectivity index (χ0v) is 17.1. The molecule has 0 atom stereocenters. The Balaban J connectivity index is 3.28. The van der Waals surface area contributed by atoms with Gasteiger partial charge in [-0.25, -0.2) is 4.79 Å². The molecule has 0 aliphatic rings. The van der Waals surface area contributed by atoms with E-state index in [-0.39, 0.29) is 6.09 Å². The Kier molecular flexibility index (Phi) is 15.7. The highest BCUT2D eigenvalue weighted by molar-refractivity contribution is 5.67. The van der Waals surface area contributed by atoms with E-state index in [1.54, 1.807) is 7.05 Å². The number of likely N-dealkylation sites (N-methyl/N-ethyl adjacent to an activating group) is 1. The van der Waals surface area contributed by atoms with E-state index < -0.39 is 5.60 Å². The molecule has 0 heterocycles. The van der Waals surface area contributed by atoms with Gasteiger partial charge < -0.3 is 33.3 Å². The second kappa shape index (κ2) is 16.3. The van der Waals surface area contributed by atoms with Crippen molar-refractivity contribution in [2.75, 3.05) is 79.7 Å². The summed E-state index contributed by atoms with van der Waals surface area (Å²) in [6, 6.07) is 0. The molecule has 0 saturated carbocycles. The van der Waals surface area contributed by atoms with Crippen molar-refractivity contribution in [3.63, 3.8) is 0 Å². The van der Waals surface area contributed by atoms with Crippen molar-refractivity contribution in [2.24, 2.45) is 0 Å². The molecule has 8 heteroatoms. The molecule has 0 aromatic carbocycles. The number of hydrogen-bond acceptors (Lipinski definition) is 7. The maximum absolute atomic E-state index is 11.7. The van der Waals surface area contributed by atoms with Gasteiger partial charge in [-0.2, -0.15) is 0 Å². The van der Waals surface area contributed by atoms with E-state index in [1.807, 2.05) is 27.7 Å². The molecule has 0 saturated heterocycles. The van der Waals surface area contributed by atoms with Crippen LogP contribution in [0, 0.1) is 0 Å². The number of hydrogen-bond donors (Lipinski definition) is 0. The molecule has 156 valence electrons. The van der Waals surface area contributed by atoms with Crippen LogP contribution in [0.2, 0.25) is 0 Å². The van der Waals surface area contributed by atoms with Crippen LogP contribution in [0.25, 0.3) is 0 Å². The minimum atomic E-state index is -0.488. The van der Waals surface area contributed by atoms with E-state index >= 15 is 0 Å². The average molecular weight is 379 g/mol. The van der Waals surface area contributed by atoms with Gasteiger partial charge >= 0.3 is 6.09 Å². The lowest BCUT2D eigenvalue weighted by Crippen LogP contribution is -2.36. The minimum absolute atomic E-state index is 0.351. The van der Waals surface area contributed by atoms with Gasteiger partial charge in [-0.1, -0.05) is 0 Å². The monoisotopic (exact) mass is 379 g/mol. The molecule has 0 unspecified atom stereocenters. The summed E-state index contributed by atoms with van der Waals surface area (Å²) < 4.78 is 31.9. The number of carbonyl (C=O) groups excluding carboxylic acids is 1. The predicted molar refractivity (Wildman–Crippen MR) is 98.6 cm³/mol. The molecule has 26 heavy (non-hydrogen) atoms. The Morgan fingerprint density at radius 2 is 1.12 bits per heavy atom. The Morgan fingerprint density at radius 3 is 1.50 bits per heavy atom. The van der Waals surface area contributed by atoms with E-state index in [1.165, 1.54) is 4.90 Å². The van der Waals surface area contributed by atoms with Gasteiger partial charge in [-0.15, -0.1) is 0 Å². The molecule has 0 bridgehead atoms. The smallest absolute Gasteiger partial charge is 0.410 e. The van der Waals surface area contributed by atoms with Gasteiger partial charge in [0.15, 0.2) is 0 Å². The maximum atomic E-state index is 11.7. The summed E-state index contributed by atoms with van der Waals surface area (Å²) in [4.78, 5) is 13.2. The lowest BCUT2D eigenvalue weighted by Gasteiger charge is -2.24. The van der Waals surface area contributed by atoms with Crippen LogP contribution in [0.4, 0.5) is 4.79 Å². The Bertz CT molecular complexity index is 334. The summed E-state index contributed by atoms with van der Waals surface area (Å²) in [6.45, 7) is 13.4. The quantitative estimate of drug-likeness (QED) is 0.379. The van der Waals surface area contributed by atoms with Crippen LogP contribution in [-0.2, 0) is 28.4 Å². The highest BCUT2D eigenvalue weighted by atomic mass is 16.6. The van der Waals surface area contributed by atoms with Crippen molar-refractivity contribution in [1.29, 1.82) is 0 Å². The zero-order valence-electron chi connectivity index (χ0n) is 17.1. The fraction of sp³-hybridized carbons (Fsp3) is 0.944. The highest BCUT2D eigenvalue weighted by Gasteiger charge is 2.19. The lowest BCUT2D eigenvalue weighted by molar-refractivity contribution is -0.0123. The summed E-state index contributed by atoms with van der Waals surface area (Å²) in [5.41, 5.74) is -0.488. The van der Waals surface area contributed by atoms with Crippen LogP contribution in [0.3, 0.4) is 0 Å². The van der Waals surface area contributed by atoms with Gasteiger partial charge in [0, 0.05) is 20.2 Å². The molecule has 0 aliphatic carbocycles. The van der Waals surface area contributed by atoms with E-state index in [0.29, 0.717) is 72.6 Å². The lowest BCUT2D eigenvalue weighted by atomic mass is 10.2. The van der Waals surface area contributed by atoms with Gasteiger partial charge in [0.1, 0.15) is 5.60 Å². The second-order valence-corrected chi connectivity index (χ2v) is 6.55. The largest absolute Gasteiger partial charge is 0.444 e.